The molecule has 0 amide bonds. The smallest absolute Gasteiger partial charge is 0.213 e. The van der Waals surface area contributed by atoms with Crippen LogP contribution in [0.2, 0.25) is 0 Å². The van der Waals surface area contributed by atoms with Crippen LogP contribution in [0.5, 0.6) is 17.4 Å². The molecule has 0 aliphatic rings. The van der Waals surface area contributed by atoms with Gasteiger partial charge in [-0.1, -0.05) is 0 Å². The molecule has 5 nitrogen and oxygen atoms in total. The molecular weight excluding hydrogens is 256 g/mol. The maximum Gasteiger partial charge on any atom is 0.213 e. The number of ether oxygens (including phenoxy) is 1. The zero-order valence-corrected chi connectivity index (χ0v) is 11.5. The van der Waals surface area contributed by atoms with Crippen LogP contribution in [-0.2, 0) is 0 Å². The third-order valence-electron chi connectivity index (χ3n) is 2.84. The minimum absolute atomic E-state index is 0.0402. The lowest BCUT2D eigenvalue weighted by atomic mass is 10.1. The highest BCUT2D eigenvalue weighted by Gasteiger charge is 2.08. The van der Waals surface area contributed by atoms with E-state index in [9.17, 15) is 10.2 Å². The molecule has 2 rings (SSSR count). The Kier molecular flexibility index (Phi) is 4.30. The number of pyridine rings is 1. The maximum absolute atomic E-state index is 9.49. The molecular formula is C15H18N2O3. The van der Waals surface area contributed by atoms with Gasteiger partial charge < -0.3 is 20.3 Å². The molecule has 0 spiro atoms. The average Bonchev–Trinajstić information content (AvgIpc) is 2.40. The first-order valence-corrected chi connectivity index (χ1v) is 6.47. The number of nitrogens with one attached hydrogen (secondary N) is 1. The highest BCUT2D eigenvalue weighted by atomic mass is 16.5. The Labute approximate surface area is 117 Å². The van der Waals surface area contributed by atoms with Crippen molar-refractivity contribution in [2.75, 3.05) is 11.9 Å². The number of anilines is 1. The van der Waals surface area contributed by atoms with Gasteiger partial charge in [-0.05, 0) is 37.6 Å². The number of aromatic hydroxyl groups is 2. The third-order valence-corrected chi connectivity index (χ3v) is 2.84. The third kappa shape index (κ3) is 3.54. The monoisotopic (exact) mass is 274 g/mol. The molecule has 0 bridgehead atoms. The summed E-state index contributed by atoms with van der Waals surface area (Å²) in [4.78, 5) is 4.17. The lowest BCUT2D eigenvalue weighted by Gasteiger charge is -2.16. The number of rotatable bonds is 5. The van der Waals surface area contributed by atoms with Gasteiger partial charge in [-0.3, -0.25) is 0 Å². The van der Waals surface area contributed by atoms with Crippen LogP contribution < -0.4 is 10.1 Å². The Morgan fingerprint density at radius 2 is 1.90 bits per heavy atom. The van der Waals surface area contributed by atoms with Gasteiger partial charge in [0.25, 0.3) is 0 Å². The predicted octanol–water partition coefficient (Wildman–Crippen LogP) is 3.06. The molecule has 0 aliphatic heterocycles. The number of benzene rings is 1. The molecule has 1 aromatic carbocycles. The van der Waals surface area contributed by atoms with Gasteiger partial charge in [0.2, 0.25) is 5.88 Å². The molecule has 0 fully saturated rings. The second-order valence-corrected chi connectivity index (χ2v) is 4.47. The van der Waals surface area contributed by atoms with Gasteiger partial charge in [0.15, 0.2) is 0 Å². The van der Waals surface area contributed by atoms with Crippen molar-refractivity contribution in [1.82, 2.24) is 4.98 Å². The topological polar surface area (TPSA) is 74.6 Å². The Balaban J connectivity index is 2.08. The van der Waals surface area contributed by atoms with E-state index in [4.69, 9.17) is 4.74 Å². The molecule has 0 aliphatic carbocycles. The van der Waals surface area contributed by atoms with Crippen LogP contribution in [0.25, 0.3) is 0 Å². The summed E-state index contributed by atoms with van der Waals surface area (Å²) in [6, 6.07) is 8.11. The first-order valence-electron chi connectivity index (χ1n) is 6.47. The molecule has 1 unspecified atom stereocenters. The molecule has 20 heavy (non-hydrogen) atoms. The van der Waals surface area contributed by atoms with Crippen LogP contribution in [0, 0.1) is 0 Å². The number of phenolic OH excluding ortho intramolecular Hbond substituents is 2. The number of aromatic nitrogens is 1. The number of nitrogens with zero attached hydrogens (tertiary/aromatic N) is 1. The fourth-order valence-corrected chi connectivity index (χ4v) is 1.90. The minimum Gasteiger partial charge on any atom is -0.508 e. The first-order chi connectivity index (χ1) is 9.58. The van der Waals surface area contributed by atoms with Gasteiger partial charge >= 0.3 is 0 Å². The van der Waals surface area contributed by atoms with Crippen molar-refractivity contribution in [2.45, 2.75) is 19.9 Å². The van der Waals surface area contributed by atoms with Crippen molar-refractivity contribution in [1.29, 1.82) is 0 Å². The highest BCUT2D eigenvalue weighted by Crippen LogP contribution is 2.27. The SMILES string of the molecule is CCOc1ccc(NC(C)c2cc(O)cc(O)c2)cn1. The summed E-state index contributed by atoms with van der Waals surface area (Å²) in [6.07, 6.45) is 1.68. The molecule has 1 heterocycles. The molecule has 3 N–H and O–H groups in total. The van der Waals surface area contributed by atoms with Gasteiger partial charge in [0.05, 0.1) is 18.5 Å². The van der Waals surface area contributed by atoms with Crippen LogP contribution in [-0.4, -0.2) is 21.8 Å². The molecule has 1 aromatic heterocycles. The van der Waals surface area contributed by atoms with Crippen LogP contribution in [0.4, 0.5) is 5.69 Å². The average molecular weight is 274 g/mol. The summed E-state index contributed by atoms with van der Waals surface area (Å²) >= 11 is 0. The van der Waals surface area contributed by atoms with Gasteiger partial charge in [0, 0.05) is 18.2 Å². The van der Waals surface area contributed by atoms with Crippen LogP contribution in [0.1, 0.15) is 25.5 Å². The normalized spacial score (nSPS) is 11.9. The second-order valence-electron chi connectivity index (χ2n) is 4.47. The fourth-order valence-electron chi connectivity index (χ4n) is 1.90. The largest absolute Gasteiger partial charge is 0.508 e. The van der Waals surface area contributed by atoms with E-state index in [0.717, 1.165) is 11.3 Å². The molecule has 0 saturated carbocycles. The maximum atomic E-state index is 9.49. The van der Waals surface area contributed by atoms with Crippen LogP contribution in [0.15, 0.2) is 36.5 Å². The first kappa shape index (κ1) is 14.0. The van der Waals surface area contributed by atoms with E-state index in [1.807, 2.05) is 19.9 Å². The fraction of sp³-hybridized carbons (Fsp3) is 0.267. The number of hydrogen-bond acceptors (Lipinski definition) is 5. The molecule has 0 radical (unpaired) electrons. The van der Waals surface area contributed by atoms with Crippen LogP contribution >= 0.6 is 0 Å². The highest BCUT2D eigenvalue weighted by molar-refractivity contribution is 5.46. The zero-order valence-electron chi connectivity index (χ0n) is 11.5. The van der Waals surface area contributed by atoms with E-state index in [-0.39, 0.29) is 17.5 Å². The summed E-state index contributed by atoms with van der Waals surface area (Å²) in [5.74, 6) is 0.664. The van der Waals surface area contributed by atoms with Crippen LogP contribution in [0.3, 0.4) is 0 Å². The van der Waals surface area contributed by atoms with Gasteiger partial charge in [-0.2, -0.15) is 0 Å². The lowest BCUT2D eigenvalue weighted by Crippen LogP contribution is -2.07. The van der Waals surface area contributed by atoms with E-state index < -0.39 is 0 Å². The zero-order chi connectivity index (χ0) is 14.5. The molecule has 2 aromatic rings. The Morgan fingerprint density at radius 1 is 1.20 bits per heavy atom. The summed E-state index contributed by atoms with van der Waals surface area (Å²) in [7, 11) is 0. The predicted molar refractivity (Wildman–Crippen MR) is 77.2 cm³/mol. The molecule has 106 valence electrons. The Bertz CT molecular complexity index is 550. The van der Waals surface area contributed by atoms with Crippen molar-refractivity contribution < 1.29 is 14.9 Å². The van der Waals surface area contributed by atoms with Crippen molar-refractivity contribution in [3.63, 3.8) is 0 Å². The van der Waals surface area contributed by atoms with Crippen molar-refractivity contribution in [2.24, 2.45) is 0 Å². The van der Waals surface area contributed by atoms with Crippen molar-refractivity contribution in [3.05, 3.63) is 42.1 Å². The van der Waals surface area contributed by atoms with Crippen molar-refractivity contribution >= 4 is 5.69 Å². The van der Waals surface area contributed by atoms with Gasteiger partial charge in [0.1, 0.15) is 11.5 Å². The standard InChI is InChI=1S/C15H18N2O3/c1-3-20-15-5-4-12(9-16-15)17-10(2)11-6-13(18)8-14(19)7-11/h4-10,17-19H,3H2,1-2H3. The second kappa shape index (κ2) is 6.14. The summed E-state index contributed by atoms with van der Waals surface area (Å²) < 4.78 is 5.28. The minimum atomic E-state index is -0.0762. The van der Waals surface area contributed by atoms with Gasteiger partial charge in [-0.15, -0.1) is 0 Å². The Morgan fingerprint density at radius 3 is 2.45 bits per heavy atom. The summed E-state index contributed by atoms with van der Waals surface area (Å²) in [5, 5.41) is 22.2. The quantitative estimate of drug-likeness (QED) is 0.781. The van der Waals surface area contributed by atoms with E-state index in [1.54, 1.807) is 24.4 Å². The van der Waals surface area contributed by atoms with E-state index in [1.165, 1.54) is 6.07 Å². The summed E-state index contributed by atoms with van der Waals surface area (Å²) in [5.41, 5.74) is 1.63. The summed E-state index contributed by atoms with van der Waals surface area (Å²) in [6.45, 7) is 4.42. The van der Waals surface area contributed by atoms with E-state index in [0.29, 0.717) is 12.5 Å². The number of phenols is 2. The van der Waals surface area contributed by atoms with Crippen molar-refractivity contribution in [3.8, 4) is 17.4 Å². The molecule has 1 atom stereocenters. The van der Waals surface area contributed by atoms with E-state index in [2.05, 4.69) is 10.3 Å². The van der Waals surface area contributed by atoms with Gasteiger partial charge in [-0.25, -0.2) is 4.98 Å². The lowest BCUT2D eigenvalue weighted by molar-refractivity contribution is 0.327. The number of hydrogen-bond donors (Lipinski definition) is 3. The molecule has 0 saturated heterocycles. The molecule has 5 heteroatoms. The van der Waals surface area contributed by atoms with E-state index >= 15 is 0 Å². The Hall–Kier alpha value is -2.43.